The van der Waals surface area contributed by atoms with Gasteiger partial charge in [0.2, 0.25) is 0 Å². The molecule has 1 aliphatic rings. The molecule has 0 saturated carbocycles. The van der Waals surface area contributed by atoms with Crippen LogP contribution in [0.1, 0.15) is 30.6 Å². The molecule has 1 amide bonds. The third kappa shape index (κ3) is 4.02. The average molecular weight is 330 g/mol. The fourth-order valence-electron chi connectivity index (χ4n) is 2.61. The van der Waals surface area contributed by atoms with Gasteiger partial charge in [-0.1, -0.05) is 23.2 Å². The van der Waals surface area contributed by atoms with E-state index in [2.05, 4.69) is 24.1 Å². The molecule has 3 N–H and O–H groups in total. The maximum atomic E-state index is 12.2. The van der Waals surface area contributed by atoms with E-state index in [4.69, 9.17) is 28.9 Å². The Morgan fingerprint density at radius 1 is 1.48 bits per heavy atom. The van der Waals surface area contributed by atoms with Crippen LogP contribution in [0, 0.1) is 5.92 Å². The molecule has 1 aliphatic heterocycles. The minimum absolute atomic E-state index is 0.225. The van der Waals surface area contributed by atoms with E-state index in [1.54, 1.807) is 6.07 Å². The van der Waals surface area contributed by atoms with Crippen molar-refractivity contribution < 1.29 is 4.79 Å². The first-order chi connectivity index (χ1) is 9.88. The van der Waals surface area contributed by atoms with Gasteiger partial charge in [0.05, 0.1) is 15.6 Å². The molecule has 4 nitrogen and oxygen atoms in total. The molecule has 1 unspecified atom stereocenters. The van der Waals surface area contributed by atoms with E-state index < -0.39 is 0 Å². The molecule has 0 spiro atoms. The smallest absolute Gasteiger partial charge is 0.252 e. The Morgan fingerprint density at radius 2 is 2.19 bits per heavy atom. The fraction of sp³-hybridized carbons (Fsp3) is 0.533. The molecule has 1 aromatic rings. The summed E-state index contributed by atoms with van der Waals surface area (Å²) >= 11 is 12.0. The maximum Gasteiger partial charge on any atom is 0.252 e. The lowest BCUT2D eigenvalue weighted by molar-refractivity contribution is 0.0947. The number of nitrogen functional groups attached to an aromatic ring is 1. The SMILES string of the molecule is CC(C)N1CCC(CNC(=O)c2cc(N)cc(Cl)c2Cl)C1. The van der Waals surface area contributed by atoms with Crippen molar-refractivity contribution in [3.8, 4) is 0 Å². The summed E-state index contributed by atoms with van der Waals surface area (Å²) in [6, 6.07) is 3.64. The molecular weight excluding hydrogens is 309 g/mol. The molecule has 1 saturated heterocycles. The Bertz CT molecular complexity index is 534. The number of likely N-dealkylation sites (tertiary alicyclic amines) is 1. The summed E-state index contributed by atoms with van der Waals surface area (Å²) in [5.74, 6) is 0.254. The minimum atomic E-state index is -0.225. The second-order valence-corrected chi connectivity index (χ2v) is 6.60. The summed E-state index contributed by atoms with van der Waals surface area (Å²) in [7, 11) is 0. The number of carbonyl (C=O) groups excluding carboxylic acids is 1. The van der Waals surface area contributed by atoms with Gasteiger partial charge in [-0.3, -0.25) is 4.79 Å². The van der Waals surface area contributed by atoms with Crippen LogP contribution in [-0.4, -0.2) is 36.5 Å². The van der Waals surface area contributed by atoms with Gasteiger partial charge >= 0.3 is 0 Å². The summed E-state index contributed by atoms with van der Waals surface area (Å²) < 4.78 is 0. The van der Waals surface area contributed by atoms with Crippen molar-refractivity contribution >= 4 is 34.8 Å². The Balaban J connectivity index is 1.94. The topological polar surface area (TPSA) is 58.4 Å². The highest BCUT2D eigenvalue weighted by Gasteiger charge is 2.25. The van der Waals surface area contributed by atoms with Gasteiger partial charge < -0.3 is 16.0 Å². The fourth-order valence-corrected chi connectivity index (χ4v) is 3.03. The van der Waals surface area contributed by atoms with Gasteiger partial charge in [0.25, 0.3) is 5.91 Å². The lowest BCUT2D eigenvalue weighted by Crippen LogP contribution is -2.33. The number of nitrogens with one attached hydrogen (secondary N) is 1. The molecule has 1 aromatic carbocycles. The number of hydrogen-bond acceptors (Lipinski definition) is 3. The Morgan fingerprint density at radius 3 is 2.81 bits per heavy atom. The van der Waals surface area contributed by atoms with Gasteiger partial charge in [0.1, 0.15) is 0 Å². The van der Waals surface area contributed by atoms with E-state index >= 15 is 0 Å². The molecule has 0 radical (unpaired) electrons. The Kier molecular flexibility index (Phi) is 5.36. The molecular formula is C15H21Cl2N3O. The molecule has 2 rings (SSSR count). The number of rotatable bonds is 4. The standard InChI is InChI=1S/C15H21Cl2N3O/c1-9(2)20-4-3-10(8-20)7-19-15(21)12-5-11(18)6-13(16)14(12)17/h5-6,9-10H,3-4,7-8,18H2,1-2H3,(H,19,21). The van der Waals surface area contributed by atoms with Crippen molar-refractivity contribution in [3.63, 3.8) is 0 Å². The van der Waals surface area contributed by atoms with E-state index in [0.717, 1.165) is 19.5 Å². The molecule has 1 heterocycles. The Hall–Kier alpha value is -0.970. The third-order valence-electron chi connectivity index (χ3n) is 3.89. The van der Waals surface area contributed by atoms with Gasteiger partial charge in [-0.05, 0) is 44.9 Å². The normalized spacial score (nSPS) is 19.2. The van der Waals surface area contributed by atoms with Gasteiger partial charge in [-0.2, -0.15) is 0 Å². The van der Waals surface area contributed by atoms with Crippen LogP contribution in [-0.2, 0) is 0 Å². The molecule has 0 bridgehead atoms. The van der Waals surface area contributed by atoms with Crippen LogP contribution in [0.3, 0.4) is 0 Å². The minimum Gasteiger partial charge on any atom is -0.399 e. The molecule has 1 atom stereocenters. The number of hydrogen-bond donors (Lipinski definition) is 2. The average Bonchev–Trinajstić information content (AvgIpc) is 2.89. The summed E-state index contributed by atoms with van der Waals surface area (Å²) in [5.41, 5.74) is 6.47. The first kappa shape index (κ1) is 16.4. The van der Waals surface area contributed by atoms with Gasteiger partial charge in [0, 0.05) is 24.8 Å². The zero-order valence-electron chi connectivity index (χ0n) is 12.3. The number of benzene rings is 1. The zero-order valence-corrected chi connectivity index (χ0v) is 13.8. The number of carbonyl (C=O) groups is 1. The van der Waals surface area contributed by atoms with Crippen LogP contribution < -0.4 is 11.1 Å². The summed E-state index contributed by atoms with van der Waals surface area (Å²) in [6.07, 6.45) is 1.10. The van der Waals surface area contributed by atoms with Crippen LogP contribution in [0.25, 0.3) is 0 Å². The van der Waals surface area contributed by atoms with Gasteiger partial charge in [-0.15, -0.1) is 0 Å². The molecule has 0 aliphatic carbocycles. The summed E-state index contributed by atoms with van der Waals surface area (Å²) in [4.78, 5) is 14.6. The van der Waals surface area contributed by atoms with E-state index in [9.17, 15) is 4.79 Å². The number of nitrogens with zero attached hydrogens (tertiary/aromatic N) is 1. The van der Waals surface area contributed by atoms with Crippen LogP contribution >= 0.6 is 23.2 Å². The van der Waals surface area contributed by atoms with Crippen molar-refractivity contribution in [1.29, 1.82) is 0 Å². The van der Waals surface area contributed by atoms with Gasteiger partial charge in [0.15, 0.2) is 0 Å². The Labute approximate surface area is 135 Å². The lowest BCUT2D eigenvalue weighted by Gasteiger charge is -2.20. The zero-order chi connectivity index (χ0) is 15.6. The van der Waals surface area contributed by atoms with Crippen LogP contribution in [0.15, 0.2) is 12.1 Å². The predicted molar refractivity (Wildman–Crippen MR) is 88.0 cm³/mol. The van der Waals surface area contributed by atoms with E-state index in [-0.39, 0.29) is 10.9 Å². The quantitative estimate of drug-likeness (QED) is 0.835. The number of amides is 1. The second kappa shape index (κ2) is 6.86. The first-order valence-electron chi connectivity index (χ1n) is 7.15. The maximum absolute atomic E-state index is 12.2. The van der Waals surface area contributed by atoms with Crippen LogP contribution in [0.4, 0.5) is 5.69 Å². The summed E-state index contributed by atoms with van der Waals surface area (Å²) in [6.45, 7) is 7.13. The second-order valence-electron chi connectivity index (χ2n) is 5.82. The highest BCUT2D eigenvalue weighted by Crippen LogP contribution is 2.28. The van der Waals surface area contributed by atoms with E-state index in [1.807, 2.05) is 0 Å². The van der Waals surface area contributed by atoms with E-state index in [1.165, 1.54) is 6.07 Å². The van der Waals surface area contributed by atoms with Crippen molar-refractivity contribution in [2.24, 2.45) is 5.92 Å². The molecule has 0 aromatic heterocycles. The van der Waals surface area contributed by atoms with Crippen molar-refractivity contribution in [1.82, 2.24) is 10.2 Å². The van der Waals surface area contributed by atoms with Gasteiger partial charge in [-0.25, -0.2) is 0 Å². The highest BCUT2D eigenvalue weighted by molar-refractivity contribution is 6.44. The lowest BCUT2D eigenvalue weighted by atomic mass is 10.1. The van der Waals surface area contributed by atoms with E-state index in [0.29, 0.717) is 34.8 Å². The first-order valence-corrected chi connectivity index (χ1v) is 7.91. The number of nitrogens with two attached hydrogens (primary N) is 1. The largest absolute Gasteiger partial charge is 0.399 e. The number of anilines is 1. The van der Waals surface area contributed by atoms with Crippen molar-refractivity contribution in [2.75, 3.05) is 25.4 Å². The molecule has 6 heteroatoms. The van der Waals surface area contributed by atoms with Crippen LogP contribution in [0.2, 0.25) is 10.0 Å². The summed E-state index contributed by atoms with van der Waals surface area (Å²) in [5, 5.41) is 3.48. The monoisotopic (exact) mass is 329 g/mol. The van der Waals surface area contributed by atoms with Crippen molar-refractivity contribution in [3.05, 3.63) is 27.7 Å². The van der Waals surface area contributed by atoms with Crippen molar-refractivity contribution in [2.45, 2.75) is 26.3 Å². The molecule has 1 fully saturated rings. The third-order valence-corrected chi connectivity index (χ3v) is 4.70. The molecule has 116 valence electrons. The van der Waals surface area contributed by atoms with Crippen LogP contribution in [0.5, 0.6) is 0 Å². The number of halogens is 2. The highest BCUT2D eigenvalue weighted by atomic mass is 35.5. The molecule has 21 heavy (non-hydrogen) atoms. The predicted octanol–water partition coefficient (Wildman–Crippen LogP) is 3.04.